The topological polar surface area (TPSA) is 102 Å². The number of nitrogens with one attached hydrogen (secondary N) is 1. The van der Waals surface area contributed by atoms with Gasteiger partial charge < -0.3 is 15.2 Å². The van der Waals surface area contributed by atoms with Crippen molar-refractivity contribution in [3.05, 3.63) is 39.9 Å². The number of hydrogen-bond acceptors (Lipinski definition) is 5. The molecular formula is C14H18N2O5. The van der Waals surface area contributed by atoms with E-state index >= 15 is 0 Å². The third-order valence-electron chi connectivity index (χ3n) is 3.52. The first-order valence-corrected chi connectivity index (χ1v) is 6.79. The summed E-state index contributed by atoms with van der Waals surface area (Å²) >= 11 is 0. The summed E-state index contributed by atoms with van der Waals surface area (Å²) in [5, 5.41) is 23.6. The fraction of sp³-hybridized carbons (Fsp3) is 0.500. The molecule has 21 heavy (non-hydrogen) atoms. The summed E-state index contributed by atoms with van der Waals surface area (Å²) in [6.07, 6.45) is 1.03. The Labute approximate surface area is 122 Å². The standard InChI is InChI=1S/C14H18N2O5/c17-13(15-10-14(18)4-6-21-7-5-14)9-11-2-1-3-12(8-11)16(19)20/h1-3,8,18H,4-7,9-10H2,(H,15,17). The van der Waals surface area contributed by atoms with E-state index in [0.717, 1.165) is 0 Å². The van der Waals surface area contributed by atoms with Crippen molar-refractivity contribution in [2.75, 3.05) is 19.8 Å². The van der Waals surface area contributed by atoms with Gasteiger partial charge in [0, 0.05) is 44.7 Å². The van der Waals surface area contributed by atoms with Gasteiger partial charge in [-0.25, -0.2) is 0 Å². The summed E-state index contributed by atoms with van der Waals surface area (Å²) in [4.78, 5) is 22.0. The number of carbonyl (C=O) groups is 1. The average Bonchev–Trinajstić information content (AvgIpc) is 2.46. The quantitative estimate of drug-likeness (QED) is 0.617. The fourth-order valence-corrected chi connectivity index (χ4v) is 2.22. The van der Waals surface area contributed by atoms with Crippen molar-refractivity contribution in [3.63, 3.8) is 0 Å². The molecule has 1 saturated heterocycles. The molecular weight excluding hydrogens is 276 g/mol. The van der Waals surface area contributed by atoms with Crippen molar-refractivity contribution < 1.29 is 19.6 Å². The van der Waals surface area contributed by atoms with Crippen molar-refractivity contribution in [2.45, 2.75) is 24.9 Å². The number of amides is 1. The average molecular weight is 294 g/mol. The van der Waals surface area contributed by atoms with Gasteiger partial charge in [0.15, 0.2) is 0 Å². The molecule has 0 atom stereocenters. The molecule has 1 aliphatic rings. The lowest BCUT2D eigenvalue weighted by Gasteiger charge is -2.32. The highest BCUT2D eigenvalue weighted by Crippen LogP contribution is 2.19. The minimum atomic E-state index is -0.920. The van der Waals surface area contributed by atoms with Crippen molar-refractivity contribution in [2.24, 2.45) is 0 Å². The summed E-state index contributed by atoms with van der Waals surface area (Å²) in [5.41, 5.74) is -0.389. The molecule has 1 heterocycles. The predicted octanol–water partition coefficient (Wildman–Crippen LogP) is 0.795. The second kappa shape index (κ2) is 6.64. The van der Waals surface area contributed by atoms with E-state index in [4.69, 9.17) is 4.74 Å². The highest BCUT2D eigenvalue weighted by Gasteiger charge is 2.30. The number of non-ortho nitro benzene ring substituents is 1. The van der Waals surface area contributed by atoms with Gasteiger partial charge in [-0.2, -0.15) is 0 Å². The number of ether oxygens (including phenoxy) is 1. The van der Waals surface area contributed by atoms with Gasteiger partial charge >= 0.3 is 0 Å². The minimum Gasteiger partial charge on any atom is -0.388 e. The van der Waals surface area contributed by atoms with E-state index in [9.17, 15) is 20.0 Å². The van der Waals surface area contributed by atoms with Crippen molar-refractivity contribution in [3.8, 4) is 0 Å². The molecule has 1 fully saturated rings. The Morgan fingerprint density at radius 3 is 2.81 bits per heavy atom. The van der Waals surface area contributed by atoms with Crippen LogP contribution in [0.25, 0.3) is 0 Å². The number of aliphatic hydroxyl groups is 1. The highest BCUT2D eigenvalue weighted by atomic mass is 16.6. The number of benzene rings is 1. The van der Waals surface area contributed by atoms with Crippen LogP contribution in [-0.4, -0.2) is 41.3 Å². The van der Waals surface area contributed by atoms with Gasteiger partial charge in [0.25, 0.3) is 5.69 Å². The van der Waals surface area contributed by atoms with Gasteiger partial charge in [-0.3, -0.25) is 14.9 Å². The van der Waals surface area contributed by atoms with Gasteiger partial charge in [-0.1, -0.05) is 12.1 Å². The molecule has 1 aromatic rings. The Balaban J connectivity index is 1.87. The Morgan fingerprint density at radius 1 is 1.43 bits per heavy atom. The van der Waals surface area contributed by atoms with Crippen LogP contribution in [0.3, 0.4) is 0 Å². The van der Waals surface area contributed by atoms with Crippen LogP contribution >= 0.6 is 0 Å². The molecule has 2 N–H and O–H groups in total. The van der Waals surface area contributed by atoms with E-state index in [1.165, 1.54) is 12.1 Å². The Hall–Kier alpha value is -1.99. The maximum Gasteiger partial charge on any atom is 0.269 e. The second-order valence-corrected chi connectivity index (χ2v) is 5.22. The lowest BCUT2D eigenvalue weighted by Crippen LogP contribution is -2.46. The van der Waals surface area contributed by atoms with Crippen molar-refractivity contribution in [1.82, 2.24) is 5.32 Å². The molecule has 7 heteroatoms. The Bertz CT molecular complexity index is 526. The Morgan fingerprint density at radius 2 is 2.14 bits per heavy atom. The van der Waals surface area contributed by atoms with E-state index < -0.39 is 10.5 Å². The minimum absolute atomic E-state index is 0.0386. The van der Waals surface area contributed by atoms with Crippen LogP contribution in [0.1, 0.15) is 18.4 Å². The lowest BCUT2D eigenvalue weighted by atomic mass is 9.94. The van der Waals surface area contributed by atoms with Crippen LogP contribution in [-0.2, 0) is 16.0 Å². The van der Waals surface area contributed by atoms with Crippen LogP contribution in [0.4, 0.5) is 5.69 Å². The lowest BCUT2D eigenvalue weighted by molar-refractivity contribution is -0.384. The third-order valence-corrected chi connectivity index (χ3v) is 3.52. The predicted molar refractivity (Wildman–Crippen MR) is 74.8 cm³/mol. The smallest absolute Gasteiger partial charge is 0.269 e. The molecule has 1 aromatic carbocycles. The summed E-state index contributed by atoms with van der Waals surface area (Å²) in [5.74, 6) is -0.268. The maximum absolute atomic E-state index is 11.9. The number of hydrogen-bond donors (Lipinski definition) is 2. The zero-order valence-electron chi connectivity index (χ0n) is 11.6. The molecule has 0 aromatic heterocycles. The molecule has 7 nitrogen and oxygen atoms in total. The van der Waals surface area contributed by atoms with Crippen LogP contribution in [0.15, 0.2) is 24.3 Å². The largest absolute Gasteiger partial charge is 0.388 e. The number of nitrogens with zero attached hydrogens (tertiary/aromatic N) is 1. The normalized spacial score (nSPS) is 17.2. The van der Waals surface area contributed by atoms with E-state index in [1.807, 2.05) is 0 Å². The Kier molecular flexibility index (Phi) is 4.87. The van der Waals surface area contributed by atoms with Gasteiger partial charge in [-0.15, -0.1) is 0 Å². The summed E-state index contributed by atoms with van der Waals surface area (Å²) < 4.78 is 5.17. The van der Waals surface area contributed by atoms with Crippen molar-refractivity contribution in [1.29, 1.82) is 0 Å². The summed E-state index contributed by atoms with van der Waals surface area (Å²) in [6, 6.07) is 5.97. The fourth-order valence-electron chi connectivity index (χ4n) is 2.22. The van der Waals surface area contributed by atoms with Crippen LogP contribution in [0.2, 0.25) is 0 Å². The van der Waals surface area contributed by atoms with E-state index in [-0.39, 0.29) is 24.6 Å². The van der Waals surface area contributed by atoms with E-state index in [1.54, 1.807) is 12.1 Å². The van der Waals surface area contributed by atoms with Crippen LogP contribution < -0.4 is 5.32 Å². The van der Waals surface area contributed by atoms with Gasteiger partial charge in [0.2, 0.25) is 5.91 Å². The SMILES string of the molecule is O=C(Cc1cccc([N+](=O)[O-])c1)NCC1(O)CCOCC1. The molecule has 0 spiro atoms. The van der Waals surface area contributed by atoms with Gasteiger partial charge in [-0.05, 0) is 5.56 Å². The maximum atomic E-state index is 11.9. The van der Waals surface area contributed by atoms with Crippen LogP contribution in [0.5, 0.6) is 0 Å². The number of nitro groups is 1. The monoisotopic (exact) mass is 294 g/mol. The zero-order valence-corrected chi connectivity index (χ0v) is 11.6. The third kappa shape index (κ3) is 4.51. The molecule has 2 rings (SSSR count). The van der Waals surface area contributed by atoms with Crippen LogP contribution in [0, 0.1) is 10.1 Å². The number of carbonyl (C=O) groups excluding carboxylic acids is 1. The molecule has 1 aliphatic heterocycles. The van der Waals surface area contributed by atoms with Gasteiger partial charge in [0.1, 0.15) is 0 Å². The van der Waals surface area contributed by atoms with Crippen molar-refractivity contribution >= 4 is 11.6 Å². The highest BCUT2D eigenvalue weighted by molar-refractivity contribution is 5.78. The number of rotatable bonds is 5. The molecule has 0 saturated carbocycles. The molecule has 0 bridgehead atoms. The first-order valence-electron chi connectivity index (χ1n) is 6.79. The summed E-state index contributed by atoms with van der Waals surface area (Å²) in [7, 11) is 0. The first kappa shape index (κ1) is 15.4. The first-order chi connectivity index (χ1) is 9.98. The van der Waals surface area contributed by atoms with E-state index in [2.05, 4.69) is 5.32 Å². The summed E-state index contributed by atoms with van der Waals surface area (Å²) in [6.45, 7) is 1.14. The number of nitro benzene ring substituents is 1. The molecule has 1 amide bonds. The molecule has 0 aliphatic carbocycles. The molecule has 114 valence electrons. The van der Waals surface area contributed by atoms with Gasteiger partial charge in [0.05, 0.1) is 16.9 Å². The molecule has 0 unspecified atom stereocenters. The second-order valence-electron chi connectivity index (χ2n) is 5.22. The van der Waals surface area contributed by atoms with E-state index in [0.29, 0.717) is 31.6 Å². The molecule has 0 radical (unpaired) electrons. The zero-order chi connectivity index (χ0) is 15.3.